The molecule has 1 aliphatic heterocycles. The Labute approximate surface area is 114 Å². The highest BCUT2D eigenvalue weighted by Crippen LogP contribution is 2.23. The molecule has 0 aliphatic carbocycles. The number of hydrogen-bond donors (Lipinski definition) is 0. The van der Waals surface area contributed by atoms with E-state index in [0.29, 0.717) is 24.3 Å². The lowest BCUT2D eigenvalue weighted by molar-refractivity contribution is 0.0903. The lowest BCUT2D eigenvalue weighted by atomic mass is 9.97. The smallest absolute Gasteiger partial charge is 0.172 e. The van der Waals surface area contributed by atoms with Crippen LogP contribution in [-0.4, -0.2) is 29.3 Å². The summed E-state index contributed by atoms with van der Waals surface area (Å²) in [6.45, 7) is 5.70. The molecule has 100 valence electrons. The quantitative estimate of drug-likeness (QED) is 0.751. The zero-order chi connectivity index (χ0) is 13.0. The highest BCUT2D eigenvalue weighted by molar-refractivity contribution is 7.12. The van der Waals surface area contributed by atoms with E-state index >= 15 is 0 Å². The van der Waals surface area contributed by atoms with E-state index in [9.17, 15) is 4.79 Å². The van der Waals surface area contributed by atoms with Gasteiger partial charge in [0.25, 0.3) is 0 Å². The van der Waals surface area contributed by atoms with Gasteiger partial charge in [-0.3, -0.25) is 9.69 Å². The van der Waals surface area contributed by atoms with E-state index in [1.807, 2.05) is 17.5 Å². The fourth-order valence-corrected chi connectivity index (χ4v) is 3.59. The number of ketones is 1. The van der Waals surface area contributed by atoms with Crippen molar-refractivity contribution >= 4 is 17.1 Å². The Kier molecular flexibility index (Phi) is 4.95. The number of Topliss-reactive ketones (excluding diaryl/α,β-unsaturated/α-hetero) is 1. The Balaban J connectivity index is 1.76. The maximum atomic E-state index is 11.9. The Morgan fingerprint density at radius 2 is 2.11 bits per heavy atom. The SMILES string of the molecule is C[C@@H]1CCC[C@H](C)N1CCCC(=O)c1cccs1. The van der Waals surface area contributed by atoms with Gasteiger partial charge in [-0.15, -0.1) is 11.3 Å². The number of carbonyl (C=O) groups is 1. The average molecular weight is 265 g/mol. The van der Waals surface area contributed by atoms with Crippen molar-refractivity contribution in [3.8, 4) is 0 Å². The first-order valence-corrected chi connectivity index (χ1v) is 7.89. The van der Waals surface area contributed by atoms with E-state index in [1.165, 1.54) is 19.3 Å². The van der Waals surface area contributed by atoms with Gasteiger partial charge >= 0.3 is 0 Å². The fourth-order valence-electron chi connectivity index (χ4n) is 2.90. The van der Waals surface area contributed by atoms with Gasteiger partial charge in [0.2, 0.25) is 0 Å². The fraction of sp³-hybridized carbons (Fsp3) is 0.667. The lowest BCUT2D eigenvalue weighted by Gasteiger charge is -2.39. The molecule has 0 bridgehead atoms. The topological polar surface area (TPSA) is 20.3 Å². The molecule has 2 nitrogen and oxygen atoms in total. The van der Waals surface area contributed by atoms with Gasteiger partial charge < -0.3 is 0 Å². The molecule has 1 aliphatic rings. The monoisotopic (exact) mass is 265 g/mol. The molecule has 2 atom stereocenters. The van der Waals surface area contributed by atoms with Gasteiger partial charge in [-0.25, -0.2) is 0 Å². The molecule has 0 spiro atoms. The van der Waals surface area contributed by atoms with Crippen LogP contribution in [0.1, 0.15) is 55.6 Å². The number of piperidine rings is 1. The van der Waals surface area contributed by atoms with Gasteiger partial charge in [-0.2, -0.15) is 0 Å². The van der Waals surface area contributed by atoms with Crippen LogP contribution in [0, 0.1) is 0 Å². The van der Waals surface area contributed by atoms with Crippen molar-refractivity contribution < 1.29 is 4.79 Å². The molecule has 0 radical (unpaired) electrons. The molecule has 0 saturated carbocycles. The minimum atomic E-state index is 0.308. The van der Waals surface area contributed by atoms with Crippen molar-refractivity contribution in [1.29, 1.82) is 0 Å². The number of carbonyl (C=O) groups excluding carboxylic acids is 1. The van der Waals surface area contributed by atoms with E-state index < -0.39 is 0 Å². The van der Waals surface area contributed by atoms with E-state index in [-0.39, 0.29) is 0 Å². The van der Waals surface area contributed by atoms with Crippen molar-refractivity contribution in [2.24, 2.45) is 0 Å². The summed E-state index contributed by atoms with van der Waals surface area (Å²) in [6, 6.07) is 5.25. The van der Waals surface area contributed by atoms with Gasteiger partial charge in [0.1, 0.15) is 0 Å². The third kappa shape index (κ3) is 3.42. The van der Waals surface area contributed by atoms with Gasteiger partial charge in [-0.1, -0.05) is 12.5 Å². The standard InChI is InChI=1S/C15H23NOS/c1-12-6-3-7-13(2)16(12)10-4-8-14(17)15-9-5-11-18-15/h5,9,11-13H,3-4,6-8,10H2,1-2H3/t12-,13+. The van der Waals surface area contributed by atoms with Crippen LogP contribution in [-0.2, 0) is 0 Å². The molecule has 0 unspecified atom stereocenters. The van der Waals surface area contributed by atoms with E-state index in [2.05, 4.69) is 18.7 Å². The summed E-state index contributed by atoms with van der Waals surface area (Å²) < 4.78 is 0. The van der Waals surface area contributed by atoms with Crippen LogP contribution in [0.25, 0.3) is 0 Å². The summed E-state index contributed by atoms with van der Waals surface area (Å²) in [7, 11) is 0. The van der Waals surface area contributed by atoms with E-state index in [0.717, 1.165) is 17.8 Å². The maximum absolute atomic E-state index is 11.9. The normalized spacial score (nSPS) is 25.2. The molecule has 2 rings (SSSR count). The Morgan fingerprint density at radius 3 is 2.72 bits per heavy atom. The number of rotatable bonds is 5. The number of hydrogen-bond acceptors (Lipinski definition) is 3. The molecule has 18 heavy (non-hydrogen) atoms. The maximum Gasteiger partial charge on any atom is 0.172 e. The van der Waals surface area contributed by atoms with Crippen LogP contribution in [0.3, 0.4) is 0 Å². The number of thiophene rings is 1. The second-order valence-corrected chi connectivity index (χ2v) is 6.32. The van der Waals surface area contributed by atoms with Crippen LogP contribution in [0.2, 0.25) is 0 Å². The molecule has 1 aromatic heterocycles. The molecular formula is C15H23NOS. The van der Waals surface area contributed by atoms with Crippen LogP contribution < -0.4 is 0 Å². The van der Waals surface area contributed by atoms with Crippen LogP contribution in [0.15, 0.2) is 17.5 Å². The zero-order valence-corrected chi connectivity index (χ0v) is 12.2. The second-order valence-electron chi connectivity index (χ2n) is 5.37. The molecule has 1 saturated heterocycles. The summed E-state index contributed by atoms with van der Waals surface area (Å²) in [4.78, 5) is 15.4. The summed E-state index contributed by atoms with van der Waals surface area (Å²) in [5.41, 5.74) is 0. The summed E-state index contributed by atoms with van der Waals surface area (Å²) in [5, 5.41) is 1.97. The van der Waals surface area contributed by atoms with E-state index in [1.54, 1.807) is 11.3 Å². The zero-order valence-electron chi connectivity index (χ0n) is 11.4. The lowest BCUT2D eigenvalue weighted by Crippen LogP contribution is -2.44. The largest absolute Gasteiger partial charge is 0.298 e. The van der Waals surface area contributed by atoms with Crippen LogP contribution in [0.4, 0.5) is 0 Å². The molecular weight excluding hydrogens is 242 g/mol. The molecule has 0 aromatic carbocycles. The third-order valence-corrected chi connectivity index (χ3v) is 4.90. The third-order valence-electron chi connectivity index (χ3n) is 3.99. The Hall–Kier alpha value is -0.670. The van der Waals surface area contributed by atoms with Crippen molar-refractivity contribution in [3.63, 3.8) is 0 Å². The highest BCUT2D eigenvalue weighted by atomic mass is 32.1. The predicted molar refractivity (Wildman–Crippen MR) is 77.4 cm³/mol. The van der Waals surface area contributed by atoms with Crippen molar-refractivity contribution in [2.75, 3.05) is 6.54 Å². The van der Waals surface area contributed by atoms with Crippen molar-refractivity contribution in [2.45, 2.75) is 58.0 Å². The van der Waals surface area contributed by atoms with Gasteiger partial charge in [0, 0.05) is 18.5 Å². The van der Waals surface area contributed by atoms with Gasteiger partial charge in [0.05, 0.1) is 4.88 Å². The highest BCUT2D eigenvalue weighted by Gasteiger charge is 2.24. The molecule has 2 heterocycles. The van der Waals surface area contributed by atoms with Crippen molar-refractivity contribution in [1.82, 2.24) is 4.90 Å². The Morgan fingerprint density at radius 1 is 1.39 bits per heavy atom. The predicted octanol–water partition coefficient (Wildman–Crippen LogP) is 3.97. The number of nitrogens with zero attached hydrogens (tertiary/aromatic N) is 1. The first-order valence-electron chi connectivity index (χ1n) is 7.01. The molecule has 1 fully saturated rings. The molecule has 1 aromatic rings. The van der Waals surface area contributed by atoms with Crippen LogP contribution >= 0.6 is 11.3 Å². The van der Waals surface area contributed by atoms with E-state index in [4.69, 9.17) is 0 Å². The summed E-state index contributed by atoms with van der Waals surface area (Å²) in [6.07, 6.45) is 5.65. The minimum Gasteiger partial charge on any atom is -0.298 e. The minimum absolute atomic E-state index is 0.308. The molecule has 0 N–H and O–H groups in total. The first kappa shape index (κ1) is 13.8. The van der Waals surface area contributed by atoms with Crippen molar-refractivity contribution in [3.05, 3.63) is 22.4 Å². The van der Waals surface area contributed by atoms with Gasteiger partial charge in [-0.05, 0) is 51.1 Å². The number of likely N-dealkylation sites (tertiary alicyclic amines) is 1. The molecule has 0 amide bonds. The molecule has 3 heteroatoms. The summed E-state index contributed by atoms with van der Waals surface area (Å²) >= 11 is 1.55. The summed E-state index contributed by atoms with van der Waals surface area (Å²) in [5.74, 6) is 0.308. The first-order chi connectivity index (χ1) is 8.68. The second kappa shape index (κ2) is 6.48. The van der Waals surface area contributed by atoms with Gasteiger partial charge in [0.15, 0.2) is 5.78 Å². The Bertz CT molecular complexity index is 364. The average Bonchev–Trinajstić information content (AvgIpc) is 2.86. The van der Waals surface area contributed by atoms with Crippen LogP contribution in [0.5, 0.6) is 0 Å².